The third-order valence-corrected chi connectivity index (χ3v) is 5.40. The molecular formula is C21H18F4N4O3S. The van der Waals surface area contributed by atoms with Crippen LogP contribution in [0.25, 0.3) is 0 Å². The van der Waals surface area contributed by atoms with E-state index in [1.54, 1.807) is 0 Å². The Balaban J connectivity index is 0.00000385. The largest absolute Gasteiger partial charge is 0.417 e. The van der Waals surface area contributed by atoms with Crippen molar-refractivity contribution in [2.24, 2.45) is 0 Å². The lowest BCUT2D eigenvalue weighted by atomic mass is 10.0. The topological polar surface area (TPSA) is 108 Å². The fourth-order valence-corrected chi connectivity index (χ4v) is 3.94. The lowest BCUT2D eigenvalue weighted by Gasteiger charge is -2.29. The van der Waals surface area contributed by atoms with Crippen molar-refractivity contribution in [3.63, 3.8) is 0 Å². The second-order valence-electron chi connectivity index (χ2n) is 7.40. The van der Waals surface area contributed by atoms with Gasteiger partial charge >= 0.3 is 6.18 Å². The van der Waals surface area contributed by atoms with E-state index in [0.717, 1.165) is 17.0 Å². The molecule has 33 heavy (non-hydrogen) atoms. The zero-order valence-electron chi connectivity index (χ0n) is 17.5. The first-order valence-electron chi connectivity index (χ1n) is 9.16. The highest BCUT2D eigenvalue weighted by Gasteiger charge is 2.50. The molecule has 7 nitrogen and oxygen atoms in total. The highest BCUT2D eigenvalue weighted by Crippen LogP contribution is 2.39. The number of amides is 2. The van der Waals surface area contributed by atoms with Crippen LogP contribution in [0.5, 0.6) is 0 Å². The van der Waals surface area contributed by atoms with E-state index in [9.17, 15) is 27.2 Å². The Morgan fingerprint density at radius 2 is 1.76 bits per heavy atom. The Labute approximate surface area is 191 Å². The van der Waals surface area contributed by atoms with Gasteiger partial charge in [-0.2, -0.15) is 18.4 Å². The van der Waals surface area contributed by atoms with Crippen LogP contribution in [0.2, 0.25) is 0 Å². The molecule has 0 saturated carbocycles. The summed E-state index contributed by atoms with van der Waals surface area (Å²) >= 11 is 5.38. The van der Waals surface area contributed by atoms with E-state index in [1.165, 1.54) is 50.1 Å². The number of benzene rings is 2. The normalized spacial score (nSPS) is 15.2. The van der Waals surface area contributed by atoms with E-state index < -0.39 is 40.5 Å². The summed E-state index contributed by atoms with van der Waals surface area (Å²) in [6.07, 6.45) is -4.82. The Bertz CT molecular complexity index is 1190. The Morgan fingerprint density at radius 3 is 2.27 bits per heavy atom. The number of hydrogen-bond acceptors (Lipinski definition) is 4. The van der Waals surface area contributed by atoms with Crippen LogP contribution < -0.4 is 15.1 Å². The van der Waals surface area contributed by atoms with Crippen molar-refractivity contribution in [2.45, 2.75) is 25.6 Å². The molecule has 0 radical (unpaired) electrons. The van der Waals surface area contributed by atoms with Crippen LogP contribution in [0.1, 0.15) is 35.3 Å². The third kappa shape index (κ3) is 4.24. The Morgan fingerprint density at radius 1 is 1.15 bits per heavy atom. The molecule has 1 heterocycles. The zero-order valence-corrected chi connectivity index (χ0v) is 18.4. The van der Waals surface area contributed by atoms with Crippen molar-refractivity contribution >= 4 is 40.5 Å². The van der Waals surface area contributed by atoms with Gasteiger partial charge in [0.25, 0.3) is 11.8 Å². The number of halogens is 4. The van der Waals surface area contributed by atoms with E-state index in [0.29, 0.717) is 6.07 Å². The molecule has 2 aromatic carbocycles. The van der Waals surface area contributed by atoms with Gasteiger partial charge in [0, 0.05) is 12.7 Å². The number of nitriles is 1. The number of anilines is 2. The molecule has 2 amide bonds. The minimum absolute atomic E-state index is 0. The third-order valence-electron chi connectivity index (χ3n) is 5.04. The van der Waals surface area contributed by atoms with Gasteiger partial charge in [-0.05, 0) is 62.5 Å². The molecule has 1 aliphatic heterocycles. The average Bonchev–Trinajstić information content (AvgIpc) is 2.90. The minimum atomic E-state index is -4.82. The van der Waals surface area contributed by atoms with Gasteiger partial charge in [0.1, 0.15) is 11.4 Å². The number of rotatable bonds is 3. The Kier molecular flexibility index (Phi) is 6.82. The maximum Gasteiger partial charge on any atom is 0.417 e. The van der Waals surface area contributed by atoms with Crippen molar-refractivity contribution in [3.8, 4) is 6.07 Å². The fraction of sp³-hybridized carbons (Fsp3) is 0.238. The predicted molar refractivity (Wildman–Crippen MR) is 116 cm³/mol. The molecule has 0 spiro atoms. The predicted octanol–water partition coefficient (Wildman–Crippen LogP) is 3.17. The van der Waals surface area contributed by atoms with Crippen molar-refractivity contribution in [1.29, 1.82) is 5.26 Å². The van der Waals surface area contributed by atoms with Crippen LogP contribution in [0.15, 0.2) is 36.4 Å². The number of carbonyl (C=O) groups excluding carboxylic acids is 2. The van der Waals surface area contributed by atoms with Crippen LogP contribution in [-0.2, 0) is 11.0 Å². The SMILES string of the molecule is CNC(=O)c1ccc(N2C(=S)N(c3ccc(C#N)c(C(F)(F)F)c3)C(=O)C2(C)C)cc1F.O. The van der Waals surface area contributed by atoms with Gasteiger partial charge in [-0.1, -0.05) is 0 Å². The fourth-order valence-electron chi connectivity index (χ4n) is 3.42. The molecule has 0 unspecified atom stereocenters. The quantitative estimate of drug-likeness (QED) is 0.534. The lowest BCUT2D eigenvalue weighted by molar-refractivity contribution is -0.137. The Hall–Kier alpha value is -3.56. The second-order valence-corrected chi connectivity index (χ2v) is 7.77. The number of alkyl halides is 3. The summed E-state index contributed by atoms with van der Waals surface area (Å²) in [4.78, 5) is 27.1. The molecule has 0 bridgehead atoms. The van der Waals surface area contributed by atoms with E-state index in [4.69, 9.17) is 17.5 Å². The highest BCUT2D eigenvalue weighted by atomic mass is 32.1. The van der Waals surface area contributed by atoms with Gasteiger partial charge < -0.3 is 15.7 Å². The summed E-state index contributed by atoms with van der Waals surface area (Å²) in [6.45, 7) is 2.97. The highest BCUT2D eigenvalue weighted by molar-refractivity contribution is 7.81. The standard InChI is InChI=1S/C21H16F4N4O2S.H2O/c1-20(2)18(31)28(12-5-4-11(10-26)15(8-12)21(23,24)25)19(32)29(20)13-6-7-14(16(22)9-13)17(30)27-3;/h4-9H,1-3H3,(H,27,30);1H2. The lowest BCUT2D eigenvalue weighted by Crippen LogP contribution is -2.44. The van der Waals surface area contributed by atoms with Gasteiger partial charge in [-0.3, -0.25) is 14.5 Å². The molecule has 2 aromatic rings. The number of thiocarbonyl (C=S) groups is 1. The summed E-state index contributed by atoms with van der Waals surface area (Å²) in [6, 6.07) is 7.93. The number of carbonyl (C=O) groups is 2. The molecule has 3 rings (SSSR count). The number of nitrogens with one attached hydrogen (secondary N) is 1. The van der Waals surface area contributed by atoms with E-state index in [1.807, 2.05) is 0 Å². The summed E-state index contributed by atoms with van der Waals surface area (Å²) < 4.78 is 54.7. The van der Waals surface area contributed by atoms with Crippen LogP contribution >= 0.6 is 12.2 Å². The first-order chi connectivity index (χ1) is 14.8. The summed E-state index contributed by atoms with van der Waals surface area (Å²) in [7, 11) is 1.34. The molecular weight excluding hydrogens is 464 g/mol. The molecule has 1 aliphatic rings. The first-order valence-corrected chi connectivity index (χ1v) is 9.57. The van der Waals surface area contributed by atoms with Crippen LogP contribution in [0.4, 0.5) is 28.9 Å². The number of nitrogens with zero attached hydrogens (tertiary/aromatic N) is 3. The monoisotopic (exact) mass is 482 g/mol. The summed E-state index contributed by atoms with van der Waals surface area (Å²) in [5, 5.41) is 11.1. The van der Waals surface area contributed by atoms with Crippen molar-refractivity contribution < 1.29 is 32.6 Å². The van der Waals surface area contributed by atoms with Crippen LogP contribution in [0, 0.1) is 17.1 Å². The number of hydrogen-bond donors (Lipinski definition) is 1. The minimum Gasteiger partial charge on any atom is -0.412 e. The first kappa shape index (κ1) is 25.7. The maximum atomic E-state index is 14.5. The molecule has 0 aromatic heterocycles. The molecule has 1 saturated heterocycles. The van der Waals surface area contributed by atoms with Crippen molar-refractivity contribution in [2.75, 3.05) is 16.8 Å². The summed E-state index contributed by atoms with van der Waals surface area (Å²) in [5.74, 6) is -2.15. The van der Waals surface area contributed by atoms with E-state index in [-0.39, 0.29) is 27.5 Å². The summed E-state index contributed by atoms with van der Waals surface area (Å²) in [5.41, 5.74) is -3.42. The molecule has 3 N–H and O–H groups in total. The van der Waals surface area contributed by atoms with E-state index >= 15 is 0 Å². The van der Waals surface area contributed by atoms with Crippen LogP contribution in [0.3, 0.4) is 0 Å². The molecule has 1 fully saturated rings. The van der Waals surface area contributed by atoms with Gasteiger partial charge in [0.15, 0.2) is 5.11 Å². The molecule has 12 heteroatoms. The van der Waals surface area contributed by atoms with Crippen molar-refractivity contribution in [1.82, 2.24) is 5.32 Å². The van der Waals surface area contributed by atoms with Gasteiger partial charge in [-0.25, -0.2) is 4.39 Å². The molecule has 0 aliphatic carbocycles. The van der Waals surface area contributed by atoms with Gasteiger partial charge in [0.2, 0.25) is 0 Å². The average molecular weight is 482 g/mol. The van der Waals surface area contributed by atoms with Gasteiger partial charge in [-0.15, -0.1) is 0 Å². The van der Waals surface area contributed by atoms with Crippen LogP contribution in [-0.4, -0.2) is 35.0 Å². The molecule has 0 atom stereocenters. The zero-order chi connectivity index (χ0) is 24.0. The molecule has 174 valence electrons. The van der Waals surface area contributed by atoms with Gasteiger partial charge in [0.05, 0.1) is 28.4 Å². The second kappa shape index (κ2) is 8.76. The maximum absolute atomic E-state index is 14.5. The van der Waals surface area contributed by atoms with E-state index in [2.05, 4.69) is 5.32 Å². The van der Waals surface area contributed by atoms with Crippen molar-refractivity contribution in [3.05, 3.63) is 58.9 Å². The smallest absolute Gasteiger partial charge is 0.412 e.